The standard InChI is InChI=1S/C23H34FN7O.HI/c1-6-27-22(29-15-20(32-5)23(2,3)4)28-13-7-8-19-18(14-25)21(26)31(30-19)17-11-9-16(24)10-12-17;/h9-12,20H,6-8,13,15,26H2,1-5H3,(H2,27,28,29);1H. The number of rotatable bonds is 9. The maximum atomic E-state index is 13.2. The number of hydrogen-bond donors (Lipinski definition) is 3. The van der Waals surface area contributed by atoms with E-state index in [2.05, 4.69) is 47.6 Å². The van der Waals surface area contributed by atoms with Crippen LogP contribution in [-0.2, 0) is 11.2 Å². The van der Waals surface area contributed by atoms with Gasteiger partial charge in [-0.1, -0.05) is 20.8 Å². The average molecular weight is 571 g/mol. The van der Waals surface area contributed by atoms with Gasteiger partial charge in [0.25, 0.3) is 0 Å². The molecule has 1 heterocycles. The van der Waals surface area contributed by atoms with Gasteiger partial charge in [-0.25, -0.2) is 9.07 Å². The van der Waals surface area contributed by atoms with Gasteiger partial charge in [0.05, 0.1) is 24.0 Å². The molecule has 0 aliphatic carbocycles. The minimum Gasteiger partial charge on any atom is -0.382 e. The molecular formula is C23H35FIN7O. The molecule has 0 bridgehead atoms. The van der Waals surface area contributed by atoms with Gasteiger partial charge in [-0.3, -0.25) is 4.99 Å². The Balaban J connectivity index is 0.00000544. The molecule has 8 nitrogen and oxygen atoms in total. The molecule has 0 radical (unpaired) electrons. The summed E-state index contributed by atoms with van der Waals surface area (Å²) in [5, 5.41) is 20.6. The van der Waals surface area contributed by atoms with Crippen molar-refractivity contribution in [2.75, 3.05) is 32.5 Å². The monoisotopic (exact) mass is 571 g/mol. The molecule has 0 saturated carbocycles. The third-order valence-electron chi connectivity index (χ3n) is 5.07. The van der Waals surface area contributed by atoms with Crippen molar-refractivity contribution in [3.05, 3.63) is 41.3 Å². The molecular weight excluding hydrogens is 536 g/mol. The number of nitrogens with one attached hydrogen (secondary N) is 2. The predicted octanol–water partition coefficient (Wildman–Crippen LogP) is 3.63. The lowest BCUT2D eigenvalue weighted by Crippen LogP contribution is -2.39. The number of nitrogen functional groups attached to an aromatic ring is 1. The van der Waals surface area contributed by atoms with Crippen LogP contribution in [0.1, 0.15) is 45.4 Å². The summed E-state index contributed by atoms with van der Waals surface area (Å²) < 4.78 is 20.3. The first kappa shape index (κ1) is 28.6. The van der Waals surface area contributed by atoms with E-state index in [1.54, 1.807) is 19.2 Å². The SMILES string of the molecule is CCNC(=NCC(OC)C(C)(C)C)NCCCc1nn(-c2ccc(F)cc2)c(N)c1C#N.I. The topological polar surface area (TPSA) is 113 Å². The highest BCUT2D eigenvalue weighted by Crippen LogP contribution is 2.22. The fourth-order valence-electron chi connectivity index (χ4n) is 3.23. The van der Waals surface area contributed by atoms with Crippen LogP contribution >= 0.6 is 24.0 Å². The van der Waals surface area contributed by atoms with Crippen LogP contribution in [0, 0.1) is 22.6 Å². The Labute approximate surface area is 212 Å². The minimum atomic E-state index is -0.344. The third-order valence-corrected chi connectivity index (χ3v) is 5.07. The van der Waals surface area contributed by atoms with Gasteiger partial charge in [-0.2, -0.15) is 10.4 Å². The first-order chi connectivity index (χ1) is 15.2. The second kappa shape index (κ2) is 13.3. The van der Waals surface area contributed by atoms with Crippen LogP contribution in [-0.4, -0.2) is 48.6 Å². The second-order valence-electron chi connectivity index (χ2n) is 8.55. The number of aromatic nitrogens is 2. The molecule has 0 aliphatic rings. The first-order valence-electron chi connectivity index (χ1n) is 10.8. The molecule has 1 atom stereocenters. The van der Waals surface area contributed by atoms with Gasteiger partial charge in [-0.05, 0) is 49.4 Å². The molecule has 4 N–H and O–H groups in total. The number of aryl methyl sites for hydroxylation is 1. The summed E-state index contributed by atoms with van der Waals surface area (Å²) in [7, 11) is 1.70. The number of hydrogen-bond acceptors (Lipinski definition) is 5. The third kappa shape index (κ3) is 8.16. The molecule has 1 aromatic carbocycles. The number of guanidine groups is 1. The number of aliphatic imine (C=N–C) groups is 1. The molecule has 2 aromatic rings. The van der Waals surface area contributed by atoms with Crippen molar-refractivity contribution in [3.63, 3.8) is 0 Å². The second-order valence-corrected chi connectivity index (χ2v) is 8.55. The van der Waals surface area contributed by atoms with Crippen LogP contribution in [0.4, 0.5) is 10.2 Å². The van der Waals surface area contributed by atoms with Gasteiger partial charge < -0.3 is 21.1 Å². The summed E-state index contributed by atoms with van der Waals surface area (Å²) in [6.07, 6.45) is 1.30. The van der Waals surface area contributed by atoms with Gasteiger partial charge in [0.2, 0.25) is 0 Å². The highest BCUT2D eigenvalue weighted by Gasteiger charge is 2.24. The zero-order chi connectivity index (χ0) is 23.7. The summed E-state index contributed by atoms with van der Waals surface area (Å²) in [6.45, 7) is 10.3. The van der Waals surface area contributed by atoms with E-state index in [4.69, 9.17) is 10.5 Å². The number of methoxy groups -OCH3 is 1. The van der Waals surface area contributed by atoms with Crippen molar-refractivity contribution in [1.82, 2.24) is 20.4 Å². The van der Waals surface area contributed by atoms with Crippen LogP contribution in [0.25, 0.3) is 5.69 Å². The number of nitriles is 1. The molecule has 182 valence electrons. The maximum Gasteiger partial charge on any atom is 0.191 e. The first-order valence-corrected chi connectivity index (χ1v) is 10.8. The highest BCUT2D eigenvalue weighted by molar-refractivity contribution is 14.0. The van der Waals surface area contributed by atoms with Gasteiger partial charge in [0.1, 0.15) is 23.3 Å². The Bertz CT molecular complexity index is 945. The van der Waals surface area contributed by atoms with Crippen molar-refractivity contribution in [2.24, 2.45) is 10.4 Å². The summed E-state index contributed by atoms with van der Waals surface area (Å²) in [4.78, 5) is 4.64. The molecule has 10 heteroatoms. The fourth-order valence-corrected chi connectivity index (χ4v) is 3.23. The summed E-state index contributed by atoms with van der Waals surface area (Å²) in [6, 6.07) is 7.96. The van der Waals surface area contributed by atoms with Gasteiger partial charge >= 0.3 is 0 Å². The van der Waals surface area contributed by atoms with Crippen molar-refractivity contribution in [2.45, 2.75) is 46.6 Å². The van der Waals surface area contributed by atoms with Gasteiger partial charge in [0, 0.05) is 20.2 Å². The number of benzene rings is 1. The number of ether oxygens (including phenoxy) is 1. The van der Waals surface area contributed by atoms with E-state index >= 15 is 0 Å². The van der Waals surface area contributed by atoms with Crippen molar-refractivity contribution < 1.29 is 9.13 Å². The molecule has 0 saturated heterocycles. The molecule has 1 aromatic heterocycles. The van der Waals surface area contributed by atoms with E-state index in [0.29, 0.717) is 36.5 Å². The lowest BCUT2D eigenvalue weighted by atomic mass is 9.89. The van der Waals surface area contributed by atoms with E-state index < -0.39 is 0 Å². The summed E-state index contributed by atoms with van der Waals surface area (Å²) in [5.74, 6) is 0.629. The zero-order valence-corrected chi connectivity index (χ0v) is 22.3. The zero-order valence-electron chi connectivity index (χ0n) is 20.0. The van der Waals surface area contributed by atoms with Crippen molar-refractivity contribution in [1.29, 1.82) is 5.26 Å². The lowest BCUT2D eigenvalue weighted by Gasteiger charge is -2.28. The van der Waals surface area contributed by atoms with Gasteiger partial charge in [0.15, 0.2) is 5.96 Å². The Hall–Kier alpha value is -2.39. The van der Waals surface area contributed by atoms with E-state index in [-0.39, 0.29) is 47.1 Å². The van der Waals surface area contributed by atoms with E-state index in [1.165, 1.54) is 16.8 Å². The summed E-state index contributed by atoms with van der Waals surface area (Å²) in [5.41, 5.74) is 7.69. The van der Waals surface area contributed by atoms with Crippen LogP contribution in [0.15, 0.2) is 29.3 Å². The molecule has 0 aliphatic heterocycles. The normalized spacial score (nSPS) is 12.6. The van der Waals surface area contributed by atoms with Crippen LogP contribution < -0.4 is 16.4 Å². The lowest BCUT2D eigenvalue weighted by molar-refractivity contribution is 0.0241. The predicted molar refractivity (Wildman–Crippen MR) is 141 cm³/mol. The van der Waals surface area contributed by atoms with E-state index in [1.807, 2.05) is 6.92 Å². The Morgan fingerprint density at radius 1 is 1.30 bits per heavy atom. The minimum absolute atomic E-state index is 0. The molecule has 0 spiro atoms. The molecule has 0 amide bonds. The van der Waals surface area contributed by atoms with Crippen molar-refractivity contribution in [3.8, 4) is 11.8 Å². The maximum absolute atomic E-state index is 13.2. The number of nitrogens with two attached hydrogens (primary N) is 1. The Kier molecular flexibility index (Phi) is 11.6. The van der Waals surface area contributed by atoms with E-state index in [9.17, 15) is 9.65 Å². The number of nitrogens with zero attached hydrogens (tertiary/aromatic N) is 4. The van der Waals surface area contributed by atoms with Crippen LogP contribution in [0.3, 0.4) is 0 Å². The fraction of sp³-hybridized carbons (Fsp3) is 0.522. The highest BCUT2D eigenvalue weighted by atomic mass is 127. The van der Waals surface area contributed by atoms with Crippen LogP contribution in [0.2, 0.25) is 0 Å². The quantitative estimate of drug-likeness (QED) is 0.183. The van der Waals surface area contributed by atoms with Crippen molar-refractivity contribution >= 4 is 35.8 Å². The molecule has 33 heavy (non-hydrogen) atoms. The van der Waals surface area contributed by atoms with Crippen LogP contribution in [0.5, 0.6) is 0 Å². The summed E-state index contributed by atoms with van der Waals surface area (Å²) >= 11 is 0. The Morgan fingerprint density at radius 3 is 2.52 bits per heavy atom. The Morgan fingerprint density at radius 2 is 1.97 bits per heavy atom. The molecule has 2 rings (SSSR count). The molecule has 1 unspecified atom stereocenters. The average Bonchev–Trinajstić information content (AvgIpc) is 3.06. The van der Waals surface area contributed by atoms with Gasteiger partial charge in [-0.15, -0.1) is 24.0 Å². The smallest absolute Gasteiger partial charge is 0.191 e. The largest absolute Gasteiger partial charge is 0.382 e. The number of anilines is 1. The molecule has 0 fully saturated rings. The number of halogens is 2. The van der Waals surface area contributed by atoms with E-state index in [0.717, 1.165) is 18.9 Å².